The molecule has 0 aliphatic heterocycles. The maximum atomic E-state index is 10.5. The van der Waals surface area contributed by atoms with E-state index in [9.17, 15) is 4.79 Å². The Kier molecular flexibility index (Phi) is 4.30. The fourth-order valence-corrected chi connectivity index (χ4v) is 1.24. The molecular weight excluding hydrogens is 234 g/mol. The van der Waals surface area contributed by atoms with E-state index in [-0.39, 0.29) is 18.5 Å². The number of aliphatic carboxylic acids is 1. The van der Waals surface area contributed by atoms with E-state index >= 15 is 0 Å². The average Bonchev–Trinajstić information content (AvgIpc) is 2.20. The number of hydrogen-bond acceptors (Lipinski definition) is 5. The van der Waals surface area contributed by atoms with Gasteiger partial charge in [0.15, 0.2) is 5.82 Å². The Hall–Kier alpha value is -1.56. The standard InChI is InChI=1S/C9H12ClN3O3/c1-5(3-7(14)15)12-8-6(10)4-11-9(13-8)16-2/h4-5H,3H2,1-2H3,(H,14,15)(H,11,12,13). The summed E-state index contributed by atoms with van der Waals surface area (Å²) in [7, 11) is 1.44. The van der Waals surface area contributed by atoms with Crippen LogP contribution in [0.15, 0.2) is 6.20 Å². The molecule has 16 heavy (non-hydrogen) atoms. The fraction of sp³-hybridized carbons (Fsp3) is 0.444. The molecule has 0 saturated heterocycles. The molecule has 0 amide bonds. The Morgan fingerprint density at radius 1 is 1.75 bits per heavy atom. The van der Waals surface area contributed by atoms with Crippen molar-refractivity contribution < 1.29 is 14.6 Å². The summed E-state index contributed by atoms with van der Waals surface area (Å²) >= 11 is 5.84. The lowest BCUT2D eigenvalue weighted by Crippen LogP contribution is -2.20. The lowest BCUT2D eigenvalue weighted by atomic mass is 10.2. The van der Waals surface area contributed by atoms with Crippen LogP contribution in [0.1, 0.15) is 13.3 Å². The lowest BCUT2D eigenvalue weighted by Gasteiger charge is -2.13. The van der Waals surface area contributed by atoms with Gasteiger partial charge < -0.3 is 15.2 Å². The van der Waals surface area contributed by atoms with E-state index in [1.165, 1.54) is 13.3 Å². The summed E-state index contributed by atoms with van der Waals surface area (Å²) in [6.45, 7) is 1.72. The molecular formula is C9H12ClN3O3. The van der Waals surface area contributed by atoms with Crippen molar-refractivity contribution in [2.45, 2.75) is 19.4 Å². The molecule has 1 aromatic rings. The predicted octanol–water partition coefficient (Wildman–Crippen LogP) is 1.41. The van der Waals surface area contributed by atoms with Gasteiger partial charge in [0, 0.05) is 6.04 Å². The summed E-state index contributed by atoms with van der Waals surface area (Å²) in [5, 5.41) is 11.8. The van der Waals surface area contributed by atoms with Crippen molar-refractivity contribution in [3.8, 4) is 6.01 Å². The van der Waals surface area contributed by atoms with Gasteiger partial charge >= 0.3 is 12.0 Å². The van der Waals surface area contributed by atoms with Crippen LogP contribution in [0.5, 0.6) is 6.01 Å². The highest BCUT2D eigenvalue weighted by Crippen LogP contribution is 2.21. The van der Waals surface area contributed by atoms with Crippen LogP contribution in [0.4, 0.5) is 5.82 Å². The third-order valence-electron chi connectivity index (χ3n) is 1.77. The minimum absolute atomic E-state index is 0.0252. The van der Waals surface area contributed by atoms with Gasteiger partial charge in [-0.05, 0) is 6.92 Å². The normalized spacial score (nSPS) is 11.9. The fourth-order valence-electron chi connectivity index (χ4n) is 1.10. The van der Waals surface area contributed by atoms with Crippen LogP contribution in [0.25, 0.3) is 0 Å². The number of anilines is 1. The van der Waals surface area contributed by atoms with Crippen LogP contribution in [0, 0.1) is 0 Å². The molecule has 0 radical (unpaired) electrons. The second-order valence-corrected chi connectivity index (χ2v) is 3.60. The Morgan fingerprint density at radius 2 is 2.44 bits per heavy atom. The lowest BCUT2D eigenvalue weighted by molar-refractivity contribution is -0.137. The number of aromatic nitrogens is 2. The monoisotopic (exact) mass is 245 g/mol. The average molecular weight is 246 g/mol. The first-order chi connectivity index (χ1) is 7.52. The number of carbonyl (C=O) groups is 1. The summed E-state index contributed by atoms with van der Waals surface area (Å²) in [4.78, 5) is 18.3. The number of halogens is 1. The van der Waals surface area contributed by atoms with Gasteiger partial charge in [-0.1, -0.05) is 11.6 Å². The Balaban J connectivity index is 2.75. The maximum absolute atomic E-state index is 10.5. The van der Waals surface area contributed by atoms with Gasteiger partial charge in [-0.2, -0.15) is 4.98 Å². The zero-order valence-corrected chi connectivity index (χ0v) is 9.65. The number of carboxylic acids is 1. The molecule has 0 aliphatic carbocycles. The van der Waals surface area contributed by atoms with E-state index in [1.54, 1.807) is 6.92 Å². The number of methoxy groups -OCH3 is 1. The molecule has 88 valence electrons. The van der Waals surface area contributed by atoms with E-state index in [1.807, 2.05) is 0 Å². The number of nitrogens with one attached hydrogen (secondary N) is 1. The van der Waals surface area contributed by atoms with Crippen molar-refractivity contribution in [1.29, 1.82) is 0 Å². The van der Waals surface area contributed by atoms with E-state index in [2.05, 4.69) is 15.3 Å². The molecule has 1 heterocycles. The summed E-state index contributed by atoms with van der Waals surface area (Å²) in [5.41, 5.74) is 0. The number of nitrogens with zero attached hydrogens (tertiary/aromatic N) is 2. The smallest absolute Gasteiger partial charge is 0.318 e. The highest BCUT2D eigenvalue weighted by Gasteiger charge is 2.11. The summed E-state index contributed by atoms with van der Waals surface area (Å²) in [6, 6.07) is -0.107. The van der Waals surface area contributed by atoms with Gasteiger partial charge in [-0.15, -0.1) is 0 Å². The first-order valence-corrected chi connectivity index (χ1v) is 4.95. The molecule has 0 aliphatic rings. The number of ether oxygens (including phenoxy) is 1. The van der Waals surface area contributed by atoms with Gasteiger partial charge in [0.25, 0.3) is 0 Å². The summed E-state index contributed by atoms with van der Waals surface area (Å²) in [5.74, 6) is -0.528. The molecule has 0 saturated carbocycles. The number of hydrogen-bond donors (Lipinski definition) is 2. The Bertz CT molecular complexity index is 386. The van der Waals surface area contributed by atoms with E-state index in [4.69, 9.17) is 21.4 Å². The molecule has 0 aromatic carbocycles. The molecule has 1 rings (SSSR count). The quantitative estimate of drug-likeness (QED) is 0.816. The first kappa shape index (κ1) is 12.5. The van der Waals surface area contributed by atoms with Crippen molar-refractivity contribution in [3.05, 3.63) is 11.2 Å². The van der Waals surface area contributed by atoms with E-state index < -0.39 is 5.97 Å². The van der Waals surface area contributed by atoms with Crippen LogP contribution in [0.2, 0.25) is 5.02 Å². The van der Waals surface area contributed by atoms with Crippen molar-refractivity contribution in [1.82, 2.24) is 9.97 Å². The maximum Gasteiger partial charge on any atom is 0.318 e. The zero-order chi connectivity index (χ0) is 12.1. The molecule has 0 bridgehead atoms. The molecule has 6 nitrogen and oxygen atoms in total. The van der Waals surface area contributed by atoms with Crippen molar-refractivity contribution in [2.75, 3.05) is 12.4 Å². The Morgan fingerprint density at radius 3 is 3.00 bits per heavy atom. The van der Waals surface area contributed by atoms with E-state index in [0.29, 0.717) is 10.8 Å². The third kappa shape index (κ3) is 3.54. The molecule has 1 atom stereocenters. The minimum atomic E-state index is -0.892. The van der Waals surface area contributed by atoms with Gasteiger partial charge in [0.2, 0.25) is 0 Å². The molecule has 0 fully saturated rings. The van der Waals surface area contributed by atoms with Crippen molar-refractivity contribution in [2.24, 2.45) is 0 Å². The summed E-state index contributed by atoms with van der Waals surface area (Å²) in [6.07, 6.45) is 1.37. The van der Waals surface area contributed by atoms with Crippen molar-refractivity contribution in [3.63, 3.8) is 0 Å². The van der Waals surface area contributed by atoms with Crippen LogP contribution in [-0.2, 0) is 4.79 Å². The van der Waals surface area contributed by atoms with Crippen LogP contribution in [-0.4, -0.2) is 34.2 Å². The number of carboxylic acid groups (broad SMARTS) is 1. The number of rotatable bonds is 5. The SMILES string of the molecule is COc1ncc(Cl)c(NC(C)CC(=O)O)n1. The minimum Gasteiger partial charge on any atom is -0.481 e. The van der Waals surface area contributed by atoms with Crippen LogP contribution >= 0.6 is 11.6 Å². The second kappa shape index (κ2) is 5.50. The van der Waals surface area contributed by atoms with Gasteiger partial charge in [-0.3, -0.25) is 4.79 Å². The first-order valence-electron chi connectivity index (χ1n) is 4.57. The predicted molar refractivity (Wildman–Crippen MR) is 58.9 cm³/mol. The second-order valence-electron chi connectivity index (χ2n) is 3.20. The Labute approximate surface area is 97.6 Å². The van der Waals surface area contributed by atoms with Crippen LogP contribution in [0.3, 0.4) is 0 Å². The highest BCUT2D eigenvalue weighted by molar-refractivity contribution is 6.32. The van der Waals surface area contributed by atoms with Crippen LogP contribution < -0.4 is 10.1 Å². The van der Waals surface area contributed by atoms with Gasteiger partial charge in [0.1, 0.15) is 5.02 Å². The molecule has 1 unspecified atom stereocenters. The molecule has 0 spiro atoms. The van der Waals surface area contributed by atoms with Gasteiger partial charge in [0.05, 0.1) is 19.7 Å². The van der Waals surface area contributed by atoms with Gasteiger partial charge in [-0.25, -0.2) is 4.98 Å². The van der Waals surface area contributed by atoms with Crippen molar-refractivity contribution >= 4 is 23.4 Å². The zero-order valence-electron chi connectivity index (χ0n) is 8.90. The topological polar surface area (TPSA) is 84.3 Å². The summed E-state index contributed by atoms with van der Waals surface area (Å²) < 4.78 is 4.84. The highest BCUT2D eigenvalue weighted by atomic mass is 35.5. The largest absolute Gasteiger partial charge is 0.481 e. The molecule has 1 aromatic heterocycles. The molecule has 7 heteroatoms. The third-order valence-corrected chi connectivity index (χ3v) is 2.05. The molecule has 2 N–H and O–H groups in total. The van der Waals surface area contributed by atoms with E-state index in [0.717, 1.165) is 0 Å².